The molecule has 4 nitrogen and oxygen atoms in total. The Morgan fingerprint density at radius 1 is 1.22 bits per heavy atom. The molecule has 118 valence electrons. The third-order valence-corrected chi connectivity index (χ3v) is 2.78. The van der Waals surface area contributed by atoms with Crippen molar-refractivity contribution in [2.45, 2.75) is 6.61 Å². The van der Waals surface area contributed by atoms with Crippen molar-refractivity contribution in [2.75, 3.05) is 6.54 Å². The van der Waals surface area contributed by atoms with Crippen LogP contribution in [0.25, 0.3) is 0 Å². The molecule has 0 heterocycles. The van der Waals surface area contributed by atoms with Gasteiger partial charge in [-0.25, -0.2) is 9.18 Å². The van der Waals surface area contributed by atoms with E-state index in [0.29, 0.717) is 0 Å². The molecule has 2 aromatic carbocycles. The van der Waals surface area contributed by atoms with Gasteiger partial charge in [-0.2, -0.15) is 4.39 Å². The van der Waals surface area contributed by atoms with Gasteiger partial charge in [0.1, 0.15) is 6.61 Å². The summed E-state index contributed by atoms with van der Waals surface area (Å²) in [5.74, 6) is 1.71. The molecule has 0 bridgehead atoms. The van der Waals surface area contributed by atoms with Crippen molar-refractivity contribution in [2.24, 2.45) is 0 Å². The van der Waals surface area contributed by atoms with Crippen LogP contribution in [-0.2, 0) is 11.3 Å². The minimum atomic E-state index is -1.32. The Morgan fingerprint density at radius 2 is 1.96 bits per heavy atom. The first-order valence-electron chi connectivity index (χ1n) is 6.67. The van der Waals surface area contributed by atoms with Gasteiger partial charge < -0.3 is 15.2 Å². The van der Waals surface area contributed by atoms with Crippen LogP contribution >= 0.6 is 0 Å². The van der Waals surface area contributed by atoms with Gasteiger partial charge in [0.25, 0.3) is 0 Å². The number of halogens is 2. The van der Waals surface area contributed by atoms with Gasteiger partial charge >= 0.3 is 6.09 Å². The molecule has 0 radical (unpaired) electrons. The number of benzene rings is 2. The van der Waals surface area contributed by atoms with Gasteiger partial charge in [0, 0.05) is 5.56 Å². The molecular weight excluding hydrogens is 304 g/mol. The molecule has 0 aliphatic rings. The predicted octanol–water partition coefficient (Wildman–Crippen LogP) is 2.95. The Balaban J connectivity index is 1.80. The number of alkyl carbamates (subject to hydrolysis) is 1. The highest BCUT2D eigenvalue weighted by Crippen LogP contribution is 2.19. The average Bonchev–Trinajstić information content (AvgIpc) is 2.55. The summed E-state index contributed by atoms with van der Waals surface area (Å²) in [6.45, 7) is 0.102. The normalized spacial score (nSPS) is 9.65. The lowest BCUT2D eigenvalue weighted by atomic mass is 10.2. The number of phenolic OH excluding ortho intramolecular Hbond substituents is 1. The molecule has 0 aliphatic carbocycles. The molecule has 0 spiro atoms. The fourth-order valence-corrected chi connectivity index (χ4v) is 1.68. The lowest BCUT2D eigenvalue weighted by Crippen LogP contribution is -2.24. The molecule has 2 rings (SSSR count). The second kappa shape index (κ2) is 7.80. The number of phenols is 1. The molecule has 0 saturated carbocycles. The van der Waals surface area contributed by atoms with Gasteiger partial charge in [0.05, 0.1) is 6.54 Å². The second-order valence-electron chi connectivity index (χ2n) is 4.51. The molecule has 0 aliphatic heterocycles. The van der Waals surface area contributed by atoms with Crippen LogP contribution in [0, 0.1) is 23.5 Å². The SMILES string of the molecule is O=C(NCC#Cc1cc(O)c(F)c(F)c1)OCc1ccccc1. The van der Waals surface area contributed by atoms with E-state index in [4.69, 9.17) is 9.84 Å². The highest BCUT2D eigenvalue weighted by Gasteiger charge is 2.08. The van der Waals surface area contributed by atoms with Crippen molar-refractivity contribution in [1.82, 2.24) is 5.32 Å². The topological polar surface area (TPSA) is 58.6 Å². The van der Waals surface area contributed by atoms with Crippen LogP contribution in [0.4, 0.5) is 13.6 Å². The van der Waals surface area contributed by atoms with Gasteiger partial charge in [0.15, 0.2) is 17.4 Å². The highest BCUT2D eigenvalue weighted by molar-refractivity contribution is 5.67. The van der Waals surface area contributed by atoms with Crippen molar-refractivity contribution in [3.05, 3.63) is 65.2 Å². The van der Waals surface area contributed by atoms with Gasteiger partial charge in [-0.1, -0.05) is 42.2 Å². The van der Waals surface area contributed by atoms with E-state index < -0.39 is 23.5 Å². The lowest BCUT2D eigenvalue weighted by Gasteiger charge is -2.04. The minimum absolute atomic E-state index is 0.0343. The Kier molecular flexibility index (Phi) is 5.53. The summed E-state index contributed by atoms with van der Waals surface area (Å²) in [7, 11) is 0. The smallest absolute Gasteiger partial charge is 0.408 e. The molecule has 1 amide bonds. The van der Waals surface area contributed by atoms with Crippen molar-refractivity contribution in [1.29, 1.82) is 0 Å². The van der Waals surface area contributed by atoms with Crippen LogP contribution in [-0.4, -0.2) is 17.7 Å². The van der Waals surface area contributed by atoms with E-state index in [1.54, 1.807) is 0 Å². The number of nitrogens with one attached hydrogen (secondary N) is 1. The molecule has 0 atom stereocenters. The van der Waals surface area contributed by atoms with Crippen LogP contribution in [0.5, 0.6) is 5.75 Å². The molecule has 0 fully saturated rings. The van der Waals surface area contributed by atoms with Crippen molar-refractivity contribution in [3.8, 4) is 17.6 Å². The van der Waals surface area contributed by atoms with E-state index in [-0.39, 0.29) is 18.7 Å². The van der Waals surface area contributed by atoms with Crippen molar-refractivity contribution >= 4 is 6.09 Å². The van der Waals surface area contributed by atoms with E-state index >= 15 is 0 Å². The standard InChI is InChI=1S/C17H13F2NO3/c18-14-9-13(10-15(21)16(14)19)7-4-8-20-17(22)23-11-12-5-2-1-3-6-12/h1-3,5-6,9-10,21H,8,11H2,(H,20,22). The van der Waals surface area contributed by atoms with Gasteiger partial charge in [-0.05, 0) is 17.7 Å². The molecule has 0 aromatic heterocycles. The Morgan fingerprint density at radius 3 is 2.65 bits per heavy atom. The van der Waals surface area contributed by atoms with Gasteiger partial charge in [0.2, 0.25) is 0 Å². The first-order chi connectivity index (χ1) is 11.1. The quantitative estimate of drug-likeness (QED) is 0.856. The fraction of sp³-hybridized carbons (Fsp3) is 0.118. The van der Waals surface area contributed by atoms with E-state index in [2.05, 4.69) is 17.2 Å². The molecule has 0 unspecified atom stereocenters. The zero-order valence-electron chi connectivity index (χ0n) is 12.0. The van der Waals surface area contributed by atoms with Crippen molar-refractivity contribution in [3.63, 3.8) is 0 Å². The molecule has 2 aromatic rings. The monoisotopic (exact) mass is 317 g/mol. The van der Waals surface area contributed by atoms with Gasteiger partial charge in [-0.15, -0.1) is 0 Å². The third kappa shape index (κ3) is 5.00. The lowest BCUT2D eigenvalue weighted by molar-refractivity contribution is 0.141. The average molecular weight is 317 g/mol. The zero-order valence-corrected chi connectivity index (χ0v) is 12.0. The Bertz CT molecular complexity index is 728. The van der Waals surface area contributed by atoms with E-state index in [9.17, 15) is 13.6 Å². The van der Waals surface area contributed by atoms with Crippen LogP contribution in [0.15, 0.2) is 42.5 Å². The summed E-state index contributed by atoms with van der Waals surface area (Å²) < 4.78 is 30.9. The van der Waals surface area contributed by atoms with E-state index in [1.165, 1.54) is 0 Å². The molecule has 23 heavy (non-hydrogen) atoms. The molecule has 6 heteroatoms. The van der Waals surface area contributed by atoms with Crippen LogP contribution in [0.2, 0.25) is 0 Å². The van der Waals surface area contributed by atoms with Crippen molar-refractivity contribution < 1.29 is 23.4 Å². The van der Waals surface area contributed by atoms with Crippen LogP contribution in [0.3, 0.4) is 0 Å². The van der Waals surface area contributed by atoms with E-state index in [0.717, 1.165) is 17.7 Å². The molecule has 0 saturated heterocycles. The van der Waals surface area contributed by atoms with Crippen LogP contribution < -0.4 is 5.32 Å². The summed E-state index contributed by atoms with van der Waals surface area (Å²) in [6, 6.07) is 11.0. The number of aromatic hydroxyl groups is 1. The maximum Gasteiger partial charge on any atom is 0.408 e. The Labute approximate surface area is 131 Å². The first-order valence-corrected chi connectivity index (χ1v) is 6.67. The van der Waals surface area contributed by atoms with Gasteiger partial charge in [-0.3, -0.25) is 0 Å². The Hall–Kier alpha value is -3.07. The maximum absolute atomic E-state index is 13.0. The summed E-state index contributed by atoms with van der Waals surface area (Å²) in [6.07, 6.45) is -0.642. The first kappa shape index (κ1) is 16.3. The second-order valence-corrected chi connectivity index (χ2v) is 4.51. The maximum atomic E-state index is 13.0. The minimum Gasteiger partial charge on any atom is -0.505 e. The summed E-state index contributed by atoms with van der Waals surface area (Å²) >= 11 is 0. The van der Waals surface area contributed by atoms with Crippen LogP contribution in [0.1, 0.15) is 11.1 Å². The fourth-order valence-electron chi connectivity index (χ4n) is 1.68. The summed E-state index contributed by atoms with van der Waals surface area (Å²) in [5, 5.41) is 11.5. The summed E-state index contributed by atoms with van der Waals surface area (Å²) in [4.78, 5) is 11.4. The number of hydrogen-bond donors (Lipinski definition) is 2. The molecule has 2 N–H and O–H groups in total. The number of hydrogen-bond acceptors (Lipinski definition) is 3. The largest absolute Gasteiger partial charge is 0.505 e. The molecular formula is C17H13F2NO3. The zero-order chi connectivity index (χ0) is 16.7. The number of rotatable bonds is 3. The predicted molar refractivity (Wildman–Crippen MR) is 79.5 cm³/mol. The number of carbonyl (C=O) groups is 1. The summed E-state index contributed by atoms with van der Waals surface area (Å²) in [5.41, 5.74) is 0.951. The number of carbonyl (C=O) groups excluding carboxylic acids is 1. The number of ether oxygens (including phenoxy) is 1. The highest BCUT2D eigenvalue weighted by atomic mass is 19.2. The number of amides is 1. The third-order valence-electron chi connectivity index (χ3n) is 2.78. The van der Waals surface area contributed by atoms with E-state index in [1.807, 2.05) is 30.3 Å².